The number of rotatable bonds is 4. The van der Waals surface area contributed by atoms with Gasteiger partial charge < -0.3 is 9.84 Å². The van der Waals surface area contributed by atoms with Crippen LogP contribution in [-0.4, -0.2) is 5.11 Å². The minimum absolute atomic E-state index is 0.249. The van der Waals surface area contributed by atoms with E-state index in [0.29, 0.717) is 0 Å². The summed E-state index contributed by atoms with van der Waals surface area (Å²) >= 11 is 0. The topological polar surface area (TPSA) is 29.5 Å². The van der Waals surface area contributed by atoms with Crippen LogP contribution in [0.1, 0.15) is 30.0 Å². The van der Waals surface area contributed by atoms with E-state index >= 15 is 0 Å². The van der Waals surface area contributed by atoms with Crippen molar-refractivity contribution in [2.75, 3.05) is 0 Å². The Labute approximate surface area is 114 Å². The first kappa shape index (κ1) is 13.5. The Kier molecular flexibility index (Phi) is 4.10. The Bertz CT molecular complexity index is 533. The van der Waals surface area contributed by atoms with E-state index in [2.05, 4.69) is 32.9 Å². The second-order valence-electron chi connectivity index (χ2n) is 4.90. The predicted molar refractivity (Wildman–Crippen MR) is 78.1 cm³/mol. The number of ether oxygens (including phenoxy) is 1. The number of hydrogen-bond acceptors (Lipinski definition) is 2. The predicted octanol–water partition coefficient (Wildman–Crippen LogP) is 4.75. The molecule has 1 N–H and O–H groups in total. The third-order valence-electron chi connectivity index (χ3n) is 3.12. The van der Waals surface area contributed by atoms with Gasteiger partial charge in [-0.05, 0) is 61.2 Å². The van der Waals surface area contributed by atoms with Crippen molar-refractivity contribution in [2.45, 2.75) is 33.6 Å². The van der Waals surface area contributed by atoms with Crippen LogP contribution in [-0.2, 0) is 6.42 Å². The van der Waals surface area contributed by atoms with Gasteiger partial charge in [0.2, 0.25) is 0 Å². The highest BCUT2D eigenvalue weighted by Crippen LogP contribution is 2.30. The maximum Gasteiger partial charge on any atom is 0.133 e. The van der Waals surface area contributed by atoms with E-state index in [1.165, 1.54) is 5.56 Å². The van der Waals surface area contributed by atoms with Gasteiger partial charge in [0.25, 0.3) is 0 Å². The summed E-state index contributed by atoms with van der Waals surface area (Å²) in [5.74, 6) is 1.90. The molecule has 100 valence electrons. The summed E-state index contributed by atoms with van der Waals surface area (Å²) in [6.07, 6.45) is 2.25. The molecule has 2 rings (SSSR count). The van der Waals surface area contributed by atoms with E-state index in [4.69, 9.17) is 4.74 Å². The third kappa shape index (κ3) is 3.28. The lowest BCUT2D eigenvalue weighted by molar-refractivity contribution is 0.461. The van der Waals surface area contributed by atoms with E-state index in [1.54, 1.807) is 24.3 Å². The van der Waals surface area contributed by atoms with Gasteiger partial charge in [0.05, 0.1) is 0 Å². The van der Waals surface area contributed by atoms with Crippen LogP contribution in [0.15, 0.2) is 36.4 Å². The normalized spacial score (nSPS) is 10.5. The molecule has 0 atom stereocenters. The first-order valence-electron chi connectivity index (χ1n) is 6.67. The van der Waals surface area contributed by atoms with E-state index in [9.17, 15) is 5.11 Å². The van der Waals surface area contributed by atoms with Crippen LogP contribution < -0.4 is 4.74 Å². The zero-order valence-electron chi connectivity index (χ0n) is 11.7. The van der Waals surface area contributed by atoms with Gasteiger partial charge in [0.15, 0.2) is 0 Å². The molecule has 0 radical (unpaired) electrons. The summed E-state index contributed by atoms with van der Waals surface area (Å²) < 4.78 is 5.92. The van der Waals surface area contributed by atoms with Crippen molar-refractivity contribution in [1.82, 2.24) is 0 Å². The van der Waals surface area contributed by atoms with Gasteiger partial charge in [-0.15, -0.1) is 0 Å². The average molecular weight is 256 g/mol. The highest BCUT2D eigenvalue weighted by molar-refractivity contribution is 5.46. The molecule has 2 heteroatoms. The lowest BCUT2D eigenvalue weighted by atomic mass is 10.0. The number of phenolic OH excluding ortho intramolecular Hbond substituents is 1. The molecule has 2 aromatic carbocycles. The Morgan fingerprint density at radius 1 is 1.00 bits per heavy atom. The van der Waals surface area contributed by atoms with E-state index < -0.39 is 0 Å². The molecule has 0 fully saturated rings. The summed E-state index contributed by atoms with van der Waals surface area (Å²) in [6.45, 7) is 6.33. The number of aromatic hydroxyl groups is 1. The molecule has 0 aliphatic heterocycles. The number of phenols is 1. The average Bonchev–Trinajstić information content (AvgIpc) is 2.36. The molecule has 0 spiro atoms. The van der Waals surface area contributed by atoms with Crippen LogP contribution in [0.25, 0.3) is 0 Å². The van der Waals surface area contributed by atoms with Crippen molar-refractivity contribution >= 4 is 0 Å². The number of aryl methyl sites for hydroxylation is 3. The summed E-state index contributed by atoms with van der Waals surface area (Å²) in [7, 11) is 0. The van der Waals surface area contributed by atoms with Crippen molar-refractivity contribution in [3.63, 3.8) is 0 Å². The molecule has 0 unspecified atom stereocenters. The first-order valence-corrected chi connectivity index (χ1v) is 6.67. The summed E-state index contributed by atoms with van der Waals surface area (Å²) in [5, 5.41) is 9.27. The van der Waals surface area contributed by atoms with Crippen molar-refractivity contribution in [1.29, 1.82) is 0 Å². The molecular weight excluding hydrogens is 236 g/mol. The molecule has 0 aliphatic carbocycles. The van der Waals surface area contributed by atoms with Crippen LogP contribution in [0, 0.1) is 13.8 Å². The van der Waals surface area contributed by atoms with Crippen LogP contribution >= 0.6 is 0 Å². The van der Waals surface area contributed by atoms with Gasteiger partial charge in [-0.25, -0.2) is 0 Å². The molecule has 0 aliphatic rings. The number of hydrogen-bond donors (Lipinski definition) is 1. The van der Waals surface area contributed by atoms with Gasteiger partial charge in [-0.2, -0.15) is 0 Å². The van der Waals surface area contributed by atoms with Crippen molar-refractivity contribution in [3.05, 3.63) is 53.1 Å². The molecule has 0 heterocycles. The zero-order valence-corrected chi connectivity index (χ0v) is 11.7. The Morgan fingerprint density at radius 2 is 1.58 bits per heavy atom. The zero-order chi connectivity index (χ0) is 13.8. The van der Waals surface area contributed by atoms with Crippen LogP contribution in [0.3, 0.4) is 0 Å². The largest absolute Gasteiger partial charge is 0.508 e. The minimum Gasteiger partial charge on any atom is -0.508 e. The van der Waals surface area contributed by atoms with Crippen molar-refractivity contribution in [3.8, 4) is 17.2 Å². The fourth-order valence-electron chi connectivity index (χ4n) is 2.27. The molecule has 2 aromatic rings. The monoisotopic (exact) mass is 256 g/mol. The SMILES string of the molecule is CCCc1cc(C)c(Oc2ccc(O)cc2)c(C)c1. The van der Waals surface area contributed by atoms with Crippen LogP contribution in [0.2, 0.25) is 0 Å². The van der Waals surface area contributed by atoms with Gasteiger partial charge in [-0.3, -0.25) is 0 Å². The Hall–Kier alpha value is -1.96. The van der Waals surface area contributed by atoms with Gasteiger partial charge in [0.1, 0.15) is 17.2 Å². The molecule has 0 saturated carbocycles. The van der Waals surface area contributed by atoms with Gasteiger partial charge in [-0.1, -0.05) is 25.5 Å². The number of benzene rings is 2. The highest BCUT2D eigenvalue weighted by Gasteiger charge is 2.07. The second kappa shape index (κ2) is 5.79. The van der Waals surface area contributed by atoms with E-state index in [0.717, 1.165) is 35.5 Å². The van der Waals surface area contributed by atoms with Crippen LogP contribution in [0.5, 0.6) is 17.2 Å². The smallest absolute Gasteiger partial charge is 0.133 e. The maximum absolute atomic E-state index is 9.27. The van der Waals surface area contributed by atoms with Crippen molar-refractivity contribution < 1.29 is 9.84 Å². The quantitative estimate of drug-likeness (QED) is 0.855. The van der Waals surface area contributed by atoms with Gasteiger partial charge in [0, 0.05) is 0 Å². The second-order valence-corrected chi connectivity index (χ2v) is 4.90. The Morgan fingerprint density at radius 3 is 2.11 bits per heavy atom. The molecule has 0 amide bonds. The van der Waals surface area contributed by atoms with Crippen molar-refractivity contribution in [2.24, 2.45) is 0 Å². The molecule has 19 heavy (non-hydrogen) atoms. The molecule has 0 aromatic heterocycles. The summed E-state index contributed by atoms with van der Waals surface area (Å²) in [5.41, 5.74) is 3.66. The van der Waals surface area contributed by atoms with E-state index in [1.807, 2.05) is 0 Å². The highest BCUT2D eigenvalue weighted by atomic mass is 16.5. The Balaban J connectivity index is 2.27. The lowest BCUT2D eigenvalue weighted by Gasteiger charge is -2.13. The fraction of sp³-hybridized carbons (Fsp3) is 0.294. The maximum atomic E-state index is 9.27. The van der Waals surface area contributed by atoms with Crippen LogP contribution in [0.4, 0.5) is 0 Å². The first-order chi connectivity index (χ1) is 9.10. The molecular formula is C17H20O2. The van der Waals surface area contributed by atoms with E-state index in [-0.39, 0.29) is 5.75 Å². The standard InChI is InChI=1S/C17H20O2/c1-4-5-14-10-12(2)17(13(3)11-14)19-16-8-6-15(18)7-9-16/h6-11,18H,4-5H2,1-3H3. The molecule has 0 bridgehead atoms. The molecule has 0 saturated heterocycles. The summed E-state index contributed by atoms with van der Waals surface area (Å²) in [6, 6.07) is 11.2. The minimum atomic E-state index is 0.249. The van der Waals surface area contributed by atoms with Gasteiger partial charge >= 0.3 is 0 Å². The fourth-order valence-corrected chi connectivity index (χ4v) is 2.27. The lowest BCUT2D eigenvalue weighted by Crippen LogP contribution is -1.94. The molecule has 2 nitrogen and oxygen atoms in total. The third-order valence-corrected chi connectivity index (χ3v) is 3.12. The summed E-state index contributed by atoms with van der Waals surface area (Å²) in [4.78, 5) is 0.